The lowest BCUT2D eigenvalue weighted by Gasteiger charge is -2.28. The Morgan fingerprint density at radius 3 is 1.87 bits per heavy atom. The van der Waals surface area contributed by atoms with Crippen LogP contribution in [0, 0.1) is 11.8 Å². The minimum Gasteiger partial charge on any atom is -0.312 e. The molecule has 0 amide bonds. The van der Waals surface area contributed by atoms with Gasteiger partial charge >= 0.3 is 0 Å². The summed E-state index contributed by atoms with van der Waals surface area (Å²) >= 11 is 0. The topological polar surface area (TPSA) is 15.3 Å². The molecule has 0 heterocycles. The van der Waals surface area contributed by atoms with Crippen molar-refractivity contribution < 1.29 is 0 Å². The molecule has 92 valence electrons. The van der Waals surface area contributed by atoms with Crippen molar-refractivity contribution >= 4 is 0 Å². The van der Waals surface area contributed by atoms with Crippen LogP contribution in [-0.2, 0) is 0 Å². The molecule has 0 aromatic heterocycles. The van der Waals surface area contributed by atoms with E-state index in [1.54, 1.807) is 0 Å². The van der Waals surface area contributed by atoms with E-state index in [0.29, 0.717) is 18.0 Å². The molecule has 0 rings (SSSR count). The standard InChI is InChI=1S/C13H30N2/c1-10(2)8-13(15(6)7)9-14-12(5)11(3)4/h10-14H,8-9H2,1-7H3. The van der Waals surface area contributed by atoms with Crippen LogP contribution < -0.4 is 5.32 Å². The maximum atomic E-state index is 3.63. The Kier molecular flexibility index (Phi) is 7.20. The van der Waals surface area contributed by atoms with Crippen molar-refractivity contribution in [3.05, 3.63) is 0 Å². The molecule has 1 N–H and O–H groups in total. The summed E-state index contributed by atoms with van der Waals surface area (Å²) < 4.78 is 0. The van der Waals surface area contributed by atoms with Gasteiger partial charge < -0.3 is 10.2 Å². The molecule has 0 aliphatic heterocycles. The molecule has 0 aliphatic carbocycles. The van der Waals surface area contributed by atoms with Gasteiger partial charge in [-0.15, -0.1) is 0 Å². The number of likely N-dealkylation sites (N-methyl/N-ethyl adjacent to an activating group) is 1. The summed E-state index contributed by atoms with van der Waals surface area (Å²) in [5.74, 6) is 1.49. The smallest absolute Gasteiger partial charge is 0.0217 e. The van der Waals surface area contributed by atoms with Gasteiger partial charge in [-0.2, -0.15) is 0 Å². The van der Waals surface area contributed by atoms with Crippen molar-refractivity contribution in [3.8, 4) is 0 Å². The van der Waals surface area contributed by atoms with Gasteiger partial charge in [-0.1, -0.05) is 27.7 Å². The molecule has 0 radical (unpaired) electrons. The molecule has 0 saturated heterocycles. The van der Waals surface area contributed by atoms with Crippen LogP contribution in [0.3, 0.4) is 0 Å². The number of hydrogen-bond donors (Lipinski definition) is 1. The summed E-state index contributed by atoms with van der Waals surface area (Å²) in [6.07, 6.45) is 1.27. The first kappa shape index (κ1) is 14.9. The van der Waals surface area contributed by atoms with Crippen LogP contribution in [0.25, 0.3) is 0 Å². The second kappa shape index (κ2) is 7.24. The predicted molar refractivity (Wildman–Crippen MR) is 69.2 cm³/mol. The highest BCUT2D eigenvalue weighted by molar-refractivity contribution is 4.74. The molecule has 0 bridgehead atoms. The fraction of sp³-hybridized carbons (Fsp3) is 1.00. The number of nitrogens with zero attached hydrogens (tertiary/aromatic N) is 1. The van der Waals surface area contributed by atoms with Crippen LogP contribution in [0.5, 0.6) is 0 Å². The normalized spacial score (nSPS) is 16.4. The highest BCUT2D eigenvalue weighted by Gasteiger charge is 2.15. The molecule has 0 aliphatic rings. The lowest BCUT2D eigenvalue weighted by Crippen LogP contribution is -2.43. The maximum absolute atomic E-state index is 3.63. The Balaban J connectivity index is 3.96. The number of rotatable bonds is 7. The minimum absolute atomic E-state index is 0.611. The second-order valence-corrected chi connectivity index (χ2v) is 5.69. The van der Waals surface area contributed by atoms with E-state index in [4.69, 9.17) is 0 Å². The molecule has 2 atom stereocenters. The van der Waals surface area contributed by atoms with E-state index in [1.807, 2.05) is 0 Å². The Morgan fingerprint density at radius 1 is 1.00 bits per heavy atom. The van der Waals surface area contributed by atoms with E-state index < -0.39 is 0 Å². The summed E-state index contributed by atoms with van der Waals surface area (Å²) in [6, 6.07) is 1.27. The molecule has 2 nitrogen and oxygen atoms in total. The predicted octanol–water partition coefficient (Wildman–Crippen LogP) is 2.60. The van der Waals surface area contributed by atoms with Gasteiger partial charge in [0.1, 0.15) is 0 Å². The molecule has 0 aromatic rings. The van der Waals surface area contributed by atoms with Crippen LogP contribution in [0.4, 0.5) is 0 Å². The van der Waals surface area contributed by atoms with Crippen molar-refractivity contribution in [2.45, 2.75) is 53.1 Å². The van der Waals surface area contributed by atoms with Gasteiger partial charge in [0.15, 0.2) is 0 Å². The average Bonchev–Trinajstić information content (AvgIpc) is 2.10. The molecule has 2 heteroatoms. The molecule has 0 aromatic carbocycles. The Labute approximate surface area is 96.4 Å². The first-order valence-corrected chi connectivity index (χ1v) is 6.24. The lowest BCUT2D eigenvalue weighted by atomic mass is 10.0. The second-order valence-electron chi connectivity index (χ2n) is 5.69. The van der Waals surface area contributed by atoms with E-state index in [-0.39, 0.29) is 0 Å². The number of nitrogens with one attached hydrogen (secondary N) is 1. The Morgan fingerprint density at radius 2 is 1.53 bits per heavy atom. The summed E-state index contributed by atoms with van der Waals surface area (Å²) in [5, 5.41) is 3.63. The van der Waals surface area contributed by atoms with E-state index in [2.05, 4.69) is 58.9 Å². The first-order chi connectivity index (χ1) is 6.84. The number of hydrogen-bond acceptors (Lipinski definition) is 2. The molecule has 0 fully saturated rings. The molecule has 2 unspecified atom stereocenters. The van der Waals surface area contributed by atoms with Crippen LogP contribution in [0.2, 0.25) is 0 Å². The van der Waals surface area contributed by atoms with Crippen molar-refractivity contribution in [2.75, 3.05) is 20.6 Å². The minimum atomic E-state index is 0.611. The monoisotopic (exact) mass is 214 g/mol. The SMILES string of the molecule is CC(C)CC(CNC(C)C(C)C)N(C)C. The molecule has 0 saturated carbocycles. The summed E-state index contributed by atoms with van der Waals surface area (Å²) in [5.41, 5.74) is 0. The van der Waals surface area contributed by atoms with Gasteiger partial charge in [-0.3, -0.25) is 0 Å². The van der Waals surface area contributed by atoms with E-state index >= 15 is 0 Å². The Bertz CT molecular complexity index is 153. The summed E-state index contributed by atoms with van der Waals surface area (Å²) in [6.45, 7) is 12.5. The first-order valence-electron chi connectivity index (χ1n) is 6.24. The van der Waals surface area contributed by atoms with Crippen molar-refractivity contribution in [2.24, 2.45) is 11.8 Å². The van der Waals surface area contributed by atoms with Crippen LogP contribution >= 0.6 is 0 Å². The van der Waals surface area contributed by atoms with Crippen LogP contribution in [0.1, 0.15) is 41.0 Å². The van der Waals surface area contributed by atoms with Gasteiger partial charge in [-0.05, 0) is 39.3 Å². The molecule has 15 heavy (non-hydrogen) atoms. The lowest BCUT2D eigenvalue weighted by molar-refractivity contribution is 0.235. The highest BCUT2D eigenvalue weighted by atomic mass is 15.1. The Hall–Kier alpha value is -0.0800. The van der Waals surface area contributed by atoms with Crippen LogP contribution in [0.15, 0.2) is 0 Å². The molecular formula is C13H30N2. The fourth-order valence-corrected chi connectivity index (χ4v) is 1.58. The van der Waals surface area contributed by atoms with E-state index in [0.717, 1.165) is 12.5 Å². The fourth-order valence-electron chi connectivity index (χ4n) is 1.58. The summed E-state index contributed by atoms with van der Waals surface area (Å²) in [7, 11) is 4.35. The maximum Gasteiger partial charge on any atom is 0.0217 e. The van der Waals surface area contributed by atoms with Crippen molar-refractivity contribution in [1.82, 2.24) is 10.2 Å². The summed E-state index contributed by atoms with van der Waals surface area (Å²) in [4.78, 5) is 2.33. The molecular weight excluding hydrogens is 184 g/mol. The zero-order chi connectivity index (χ0) is 12.0. The third-order valence-corrected chi connectivity index (χ3v) is 3.15. The van der Waals surface area contributed by atoms with Gasteiger partial charge in [-0.25, -0.2) is 0 Å². The van der Waals surface area contributed by atoms with Gasteiger partial charge in [0.25, 0.3) is 0 Å². The van der Waals surface area contributed by atoms with Crippen molar-refractivity contribution in [1.29, 1.82) is 0 Å². The van der Waals surface area contributed by atoms with Gasteiger partial charge in [0.2, 0.25) is 0 Å². The van der Waals surface area contributed by atoms with Crippen molar-refractivity contribution in [3.63, 3.8) is 0 Å². The van der Waals surface area contributed by atoms with Gasteiger partial charge in [0, 0.05) is 18.6 Å². The highest BCUT2D eigenvalue weighted by Crippen LogP contribution is 2.09. The largest absolute Gasteiger partial charge is 0.312 e. The van der Waals surface area contributed by atoms with Crippen LogP contribution in [-0.4, -0.2) is 37.6 Å². The quantitative estimate of drug-likeness (QED) is 0.701. The average molecular weight is 214 g/mol. The zero-order valence-electron chi connectivity index (χ0n) is 11.7. The zero-order valence-corrected chi connectivity index (χ0v) is 11.7. The third-order valence-electron chi connectivity index (χ3n) is 3.15. The van der Waals surface area contributed by atoms with E-state index in [9.17, 15) is 0 Å². The van der Waals surface area contributed by atoms with E-state index in [1.165, 1.54) is 6.42 Å². The molecule has 0 spiro atoms. The van der Waals surface area contributed by atoms with Gasteiger partial charge in [0.05, 0.1) is 0 Å². The third kappa shape index (κ3) is 6.91.